The van der Waals surface area contributed by atoms with Crippen molar-refractivity contribution in [2.45, 2.75) is 0 Å². The number of carbonyl (C=O) groups is 1. The average Bonchev–Trinajstić information content (AvgIpc) is 2.65. The zero-order chi connectivity index (χ0) is 17.3. The summed E-state index contributed by atoms with van der Waals surface area (Å²) < 4.78 is 11.0. The smallest absolute Gasteiger partial charge is 0.323 e. The second kappa shape index (κ2) is 9.00. The van der Waals surface area contributed by atoms with Crippen LogP contribution in [-0.2, 0) is 4.74 Å². The van der Waals surface area contributed by atoms with Crippen molar-refractivity contribution >= 4 is 17.4 Å². The SMILES string of the molecule is O=C(Nc1ccccc1)Nc1ccc(OCCN2CCOCC2)nc1. The molecular weight excluding hydrogens is 320 g/mol. The van der Waals surface area contributed by atoms with Gasteiger partial charge >= 0.3 is 6.03 Å². The highest BCUT2D eigenvalue weighted by Gasteiger charge is 2.10. The molecule has 0 saturated carbocycles. The van der Waals surface area contributed by atoms with E-state index in [1.54, 1.807) is 18.3 Å². The summed E-state index contributed by atoms with van der Waals surface area (Å²) in [6.07, 6.45) is 1.58. The fraction of sp³-hybridized carbons (Fsp3) is 0.333. The third-order valence-electron chi connectivity index (χ3n) is 3.79. The Morgan fingerprint density at radius 2 is 1.84 bits per heavy atom. The van der Waals surface area contributed by atoms with Crippen molar-refractivity contribution in [2.24, 2.45) is 0 Å². The summed E-state index contributed by atoms with van der Waals surface area (Å²) in [5.41, 5.74) is 1.34. The number of nitrogens with one attached hydrogen (secondary N) is 2. The third-order valence-corrected chi connectivity index (χ3v) is 3.79. The van der Waals surface area contributed by atoms with Crippen molar-refractivity contribution in [1.82, 2.24) is 9.88 Å². The van der Waals surface area contributed by atoms with Crippen molar-refractivity contribution in [3.8, 4) is 5.88 Å². The predicted molar refractivity (Wildman–Crippen MR) is 96.1 cm³/mol. The van der Waals surface area contributed by atoms with Crippen LogP contribution in [0.25, 0.3) is 0 Å². The van der Waals surface area contributed by atoms with Crippen LogP contribution in [0.15, 0.2) is 48.7 Å². The summed E-state index contributed by atoms with van der Waals surface area (Å²) in [5.74, 6) is 0.544. The van der Waals surface area contributed by atoms with E-state index in [1.807, 2.05) is 30.3 Å². The van der Waals surface area contributed by atoms with E-state index in [1.165, 1.54) is 0 Å². The molecule has 0 unspecified atom stereocenters. The van der Waals surface area contributed by atoms with Gasteiger partial charge < -0.3 is 20.1 Å². The van der Waals surface area contributed by atoms with Gasteiger partial charge in [0, 0.05) is 31.4 Å². The third kappa shape index (κ3) is 5.74. The van der Waals surface area contributed by atoms with Crippen LogP contribution in [0.4, 0.5) is 16.2 Å². The van der Waals surface area contributed by atoms with Crippen LogP contribution in [0.3, 0.4) is 0 Å². The Balaban J connectivity index is 1.41. The average molecular weight is 342 g/mol. The predicted octanol–water partition coefficient (Wildman–Crippen LogP) is 2.44. The summed E-state index contributed by atoms with van der Waals surface area (Å²) in [4.78, 5) is 18.4. The molecule has 2 heterocycles. The standard InChI is InChI=1S/C18H22N4O3/c23-18(20-15-4-2-1-3-5-15)21-16-6-7-17(19-14-16)25-13-10-22-8-11-24-12-9-22/h1-7,14H,8-13H2,(H2,20,21,23). The van der Waals surface area contributed by atoms with Crippen LogP contribution < -0.4 is 15.4 Å². The van der Waals surface area contributed by atoms with Gasteiger partial charge in [0.2, 0.25) is 5.88 Å². The van der Waals surface area contributed by atoms with Crippen molar-refractivity contribution in [3.05, 3.63) is 48.7 Å². The minimum absolute atomic E-state index is 0.311. The first-order valence-electron chi connectivity index (χ1n) is 8.31. The quantitative estimate of drug-likeness (QED) is 0.843. The van der Waals surface area contributed by atoms with Gasteiger partial charge in [0.1, 0.15) is 6.61 Å². The fourth-order valence-corrected chi connectivity index (χ4v) is 2.46. The molecule has 1 fully saturated rings. The van der Waals surface area contributed by atoms with E-state index < -0.39 is 0 Å². The van der Waals surface area contributed by atoms with Crippen LogP contribution >= 0.6 is 0 Å². The molecule has 2 N–H and O–H groups in total. The Labute approximate surface area is 147 Å². The number of nitrogens with zero attached hydrogens (tertiary/aromatic N) is 2. The highest BCUT2D eigenvalue weighted by Crippen LogP contribution is 2.13. The molecule has 1 aromatic carbocycles. The fourth-order valence-electron chi connectivity index (χ4n) is 2.46. The van der Waals surface area contributed by atoms with Gasteiger partial charge in [-0.05, 0) is 18.2 Å². The lowest BCUT2D eigenvalue weighted by Crippen LogP contribution is -2.38. The maximum atomic E-state index is 11.9. The molecule has 2 aromatic rings. The largest absolute Gasteiger partial charge is 0.476 e. The molecular formula is C18H22N4O3. The number of hydrogen-bond donors (Lipinski definition) is 2. The molecule has 25 heavy (non-hydrogen) atoms. The number of hydrogen-bond acceptors (Lipinski definition) is 5. The highest BCUT2D eigenvalue weighted by atomic mass is 16.5. The lowest BCUT2D eigenvalue weighted by Gasteiger charge is -2.26. The topological polar surface area (TPSA) is 75.7 Å². The first-order chi connectivity index (χ1) is 12.3. The zero-order valence-corrected chi connectivity index (χ0v) is 14.0. The summed E-state index contributed by atoms with van der Waals surface area (Å²) in [6, 6.07) is 12.5. The number of ether oxygens (including phenoxy) is 2. The number of para-hydroxylation sites is 1. The van der Waals surface area contributed by atoms with Gasteiger partial charge in [-0.3, -0.25) is 4.90 Å². The molecule has 7 heteroatoms. The lowest BCUT2D eigenvalue weighted by atomic mass is 10.3. The Hall–Kier alpha value is -2.64. The van der Waals surface area contributed by atoms with E-state index in [0.29, 0.717) is 18.2 Å². The number of anilines is 2. The summed E-state index contributed by atoms with van der Waals surface area (Å²) in [7, 11) is 0. The van der Waals surface area contributed by atoms with Gasteiger partial charge in [0.05, 0.1) is 25.1 Å². The molecule has 1 aliphatic rings. The van der Waals surface area contributed by atoms with Crippen LogP contribution in [0, 0.1) is 0 Å². The molecule has 0 bridgehead atoms. The number of pyridine rings is 1. The molecule has 0 atom stereocenters. The molecule has 0 spiro atoms. The second-order valence-electron chi connectivity index (χ2n) is 5.63. The van der Waals surface area contributed by atoms with Gasteiger partial charge in [-0.1, -0.05) is 18.2 Å². The Bertz CT molecular complexity index is 658. The van der Waals surface area contributed by atoms with Crippen molar-refractivity contribution in [3.63, 3.8) is 0 Å². The Morgan fingerprint density at radius 3 is 2.56 bits per heavy atom. The van der Waals surface area contributed by atoms with E-state index in [-0.39, 0.29) is 6.03 Å². The first kappa shape index (κ1) is 17.2. The van der Waals surface area contributed by atoms with E-state index >= 15 is 0 Å². The van der Waals surface area contributed by atoms with Gasteiger partial charge in [-0.15, -0.1) is 0 Å². The van der Waals surface area contributed by atoms with Crippen LogP contribution in [0.1, 0.15) is 0 Å². The van der Waals surface area contributed by atoms with Gasteiger partial charge in [-0.25, -0.2) is 9.78 Å². The number of carbonyl (C=O) groups excluding carboxylic acids is 1. The number of aromatic nitrogens is 1. The van der Waals surface area contributed by atoms with Gasteiger partial charge in [0.25, 0.3) is 0 Å². The Morgan fingerprint density at radius 1 is 1.08 bits per heavy atom. The summed E-state index contributed by atoms with van der Waals surface area (Å²) in [6.45, 7) is 4.87. The number of amides is 2. The molecule has 3 rings (SSSR count). The van der Waals surface area contributed by atoms with Crippen molar-refractivity contribution < 1.29 is 14.3 Å². The summed E-state index contributed by atoms with van der Waals surface area (Å²) >= 11 is 0. The first-order valence-corrected chi connectivity index (χ1v) is 8.31. The van der Waals surface area contributed by atoms with E-state index in [4.69, 9.17) is 9.47 Å². The minimum Gasteiger partial charge on any atom is -0.476 e. The lowest BCUT2D eigenvalue weighted by molar-refractivity contribution is 0.0320. The molecule has 2 amide bonds. The maximum Gasteiger partial charge on any atom is 0.323 e. The van der Waals surface area contributed by atoms with E-state index in [0.717, 1.165) is 38.5 Å². The van der Waals surface area contributed by atoms with Crippen LogP contribution in [0.5, 0.6) is 5.88 Å². The number of urea groups is 1. The van der Waals surface area contributed by atoms with E-state index in [2.05, 4.69) is 20.5 Å². The van der Waals surface area contributed by atoms with Crippen LogP contribution in [-0.4, -0.2) is 55.4 Å². The second-order valence-corrected chi connectivity index (χ2v) is 5.63. The minimum atomic E-state index is -0.311. The number of benzene rings is 1. The molecule has 1 saturated heterocycles. The van der Waals surface area contributed by atoms with Crippen molar-refractivity contribution in [2.75, 3.05) is 50.1 Å². The van der Waals surface area contributed by atoms with Crippen molar-refractivity contribution in [1.29, 1.82) is 0 Å². The zero-order valence-electron chi connectivity index (χ0n) is 14.0. The number of morpholine rings is 1. The number of rotatable bonds is 6. The Kier molecular flexibility index (Phi) is 6.19. The van der Waals surface area contributed by atoms with E-state index in [9.17, 15) is 4.79 Å². The normalized spacial score (nSPS) is 14.7. The monoisotopic (exact) mass is 342 g/mol. The highest BCUT2D eigenvalue weighted by molar-refractivity contribution is 5.99. The van der Waals surface area contributed by atoms with Gasteiger partial charge in [-0.2, -0.15) is 0 Å². The van der Waals surface area contributed by atoms with Crippen LogP contribution in [0.2, 0.25) is 0 Å². The summed E-state index contributed by atoms with van der Waals surface area (Å²) in [5, 5.41) is 5.49. The molecule has 1 aromatic heterocycles. The molecule has 7 nitrogen and oxygen atoms in total. The maximum absolute atomic E-state index is 11.9. The molecule has 132 valence electrons. The molecule has 0 aliphatic carbocycles. The van der Waals surface area contributed by atoms with Gasteiger partial charge in [0.15, 0.2) is 0 Å². The molecule has 1 aliphatic heterocycles. The molecule has 0 radical (unpaired) electrons.